The maximum atomic E-state index is 12.1. The largest absolute Gasteiger partial charge is 0.332 e. The molecule has 0 spiro atoms. The van der Waals surface area contributed by atoms with Crippen LogP contribution < -0.4 is 4.72 Å². The summed E-state index contributed by atoms with van der Waals surface area (Å²) in [7, 11) is -3.66. The minimum atomic E-state index is -3.66. The normalized spacial score (nSPS) is 11.5. The van der Waals surface area contributed by atoms with E-state index in [4.69, 9.17) is 11.6 Å². The number of aryl methyl sites for hydroxylation is 1. The summed E-state index contributed by atoms with van der Waals surface area (Å²) in [6.45, 7) is 3.43. The summed E-state index contributed by atoms with van der Waals surface area (Å²) in [5.74, 6) is 0.540. The molecule has 2 rings (SSSR count). The van der Waals surface area contributed by atoms with Crippen LogP contribution in [0.25, 0.3) is 0 Å². The fourth-order valence-corrected chi connectivity index (χ4v) is 2.72. The number of rotatable bonds is 3. The monoisotopic (exact) mass is 285 g/mol. The lowest BCUT2D eigenvalue weighted by molar-refractivity contribution is 0.598. The maximum Gasteiger partial charge on any atom is 0.278 e. The second-order valence-electron chi connectivity index (χ2n) is 3.85. The van der Waals surface area contributed by atoms with Crippen LogP contribution in [0.2, 0.25) is 5.02 Å². The van der Waals surface area contributed by atoms with Gasteiger partial charge in [-0.3, -0.25) is 4.72 Å². The van der Waals surface area contributed by atoms with Crippen molar-refractivity contribution in [2.24, 2.45) is 0 Å². The van der Waals surface area contributed by atoms with Gasteiger partial charge in [0.1, 0.15) is 5.82 Å². The summed E-state index contributed by atoms with van der Waals surface area (Å²) in [6.07, 6.45) is 1.28. The molecular formula is C11H12ClN3O2S. The Labute approximate surface area is 110 Å². The topological polar surface area (TPSA) is 74.8 Å². The molecule has 7 heteroatoms. The van der Waals surface area contributed by atoms with E-state index in [-0.39, 0.29) is 5.03 Å². The Morgan fingerprint density at radius 1 is 1.33 bits per heavy atom. The molecule has 18 heavy (non-hydrogen) atoms. The van der Waals surface area contributed by atoms with E-state index < -0.39 is 10.0 Å². The smallest absolute Gasteiger partial charge is 0.278 e. The van der Waals surface area contributed by atoms with Crippen molar-refractivity contribution in [3.63, 3.8) is 0 Å². The summed E-state index contributed by atoms with van der Waals surface area (Å²) in [5.41, 5.74) is 1.13. The Balaban J connectivity index is 2.37. The summed E-state index contributed by atoms with van der Waals surface area (Å²) in [5, 5.41) is 0.537. The van der Waals surface area contributed by atoms with Crippen molar-refractivity contribution < 1.29 is 8.42 Å². The predicted molar refractivity (Wildman–Crippen MR) is 70.3 cm³/mol. The van der Waals surface area contributed by atoms with Crippen molar-refractivity contribution in [2.75, 3.05) is 4.72 Å². The van der Waals surface area contributed by atoms with Crippen LogP contribution in [0.4, 0.5) is 5.69 Å². The summed E-state index contributed by atoms with van der Waals surface area (Å²) < 4.78 is 26.6. The lowest BCUT2D eigenvalue weighted by Crippen LogP contribution is -2.14. The molecule has 2 N–H and O–H groups in total. The van der Waals surface area contributed by atoms with Crippen molar-refractivity contribution in [1.29, 1.82) is 0 Å². The van der Waals surface area contributed by atoms with Gasteiger partial charge in [-0.2, -0.15) is 8.42 Å². The second-order valence-corrected chi connectivity index (χ2v) is 5.91. The zero-order valence-electron chi connectivity index (χ0n) is 9.86. The maximum absolute atomic E-state index is 12.1. The number of hydrogen-bond donors (Lipinski definition) is 2. The van der Waals surface area contributed by atoms with Crippen LogP contribution in [0.1, 0.15) is 11.4 Å². The molecular weight excluding hydrogens is 274 g/mol. The van der Waals surface area contributed by atoms with E-state index in [2.05, 4.69) is 14.7 Å². The van der Waals surface area contributed by atoms with Crippen molar-refractivity contribution in [3.05, 3.63) is 40.8 Å². The van der Waals surface area contributed by atoms with Gasteiger partial charge in [0.25, 0.3) is 10.0 Å². The number of anilines is 1. The van der Waals surface area contributed by atoms with Gasteiger partial charge in [0.05, 0.1) is 11.9 Å². The first-order valence-corrected chi connectivity index (χ1v) is 7.06. The molecule has 0 saturated heterocycles. The van der Waals surface area contributed by atoms with Gasteiger partial charge < -0.3 is 4.98 Å². The molecule has 0 aliphatic carbocycles. The predicted octanol–water partition coefficient (Wildman–Crippen LogP) is 2.48. The van der Waals surface area contributed by atoms with Gasteiger partial charge >= 0.3 is 0 Å². The van der Waals surface area contributed by atoms with Gasteiger partial charge in [0.15, 0.2) is 5.03 Å². The second kappa shape index (κ2) is 4.62. The SMILES string of the molecule is Cc1ncc(S(=O)(=O)Nc2cccc(Cl)c2C)[nH]1. The summed E-state index contributed by atoms with van der Waals surface area (Å²) in [4.78, 5) is 6.54. The first-order valence-electron chi connectivity index (χ1n) is 5.20. The molecule has 0 amide bonds. The van der Waals surface area contributed by atoms with Crippen molar-refractivity contribution >= 4 is 27.3 Å². The number of halogens is 1. The third kappa shape index (κ3) is 2.49. The molecule has 2 aromatic rings. The summed E-state index contributed by atoms with van der Waals surface area (Å²) in [6, 6.07) is 5.04. The van der Waals surface area contributed by atoms with E-state index >= 15 is 0 Å². The van der Waals surface area contributed by atoms with Crippen LogP contribution in [-0.2, 0) is 10.0 Å². The molecule has 1 aromatic heterocycles. The number of nitrogens with zero attached hydrogens (tertiary/aromatic N) is 1. The van der Waals surface area contributed by atoms with Crippen LogP contribution in [0.3, 0.4) is 0 Å². The van der Waals surface area contributed by atoms with Crippen LogP contribution in [0.5, 0.6) is 0 Å². The average Bonchev–Trinajstić information content (AvgIpc) is 2.72. The van der Waals surface area contributed by atoms with E-state index in [9.17, 15) is 8.42 Å². The highest BCUT2D eigenvalue weighted by Crippen LogP contribution is 2.24. The highest BCUT2D eigenvalue weighted by molar-refractivity contribution is 7.92. The highest BCUT2D eigenvalue weighted by Gasteiger charge is 2.17. The van der Waals surface area contributed by atoms with E-state index in [1.165, 1.54) is 6.20 Å². The standard InChI is InChI=1S/C11H12ClN3O2S/c1-7-9(12)4-3-5-10(7)15-18(16,17)11-6-13-8(2)14-11/h3-6,15H,1-2H3,(H,13,14). The van der Waals surface area contributed by atoms with Gasteiger partial charge in [-0.1, -0.05) is 17.7 Å². The highest BCUT2D eigenvalue weighted by atomic mass is 35.5. The fourth-order valence-electron chi connectivity index (χ4n) is 1.45. The molecule has 0 radical (unpaired) electrons. The number of aromatic nitrogens is 2. The van der Waals surface area contributed by atoms with Crippen LogP contribution in [-0.4, -0.2) is 18.4 Å². The molecule has 0 bridgehead atoms. The Morgan fingerprint density at radius 2 is 2.06 bits per heavy atom. The van der Waals surface area contributed by atoms with E-state index in [1.54, 1.807) is 32.0 Å². The Bertz CT molecular complexity index is 679. The first-order chi connectivity index (χ1) is 8.40. The molecule has 96 valence electrons. The molecule has 0 aliphatic heterocycles. The molecule has 0 saturated carbocycles. The fraction of sp³-hybridized carbons (Fsp3) is 0.182. The van der Waals surface area contributed by atoms with E-state index in [1.807, 2.05) is 0 Å². The Morgan fingerprint density at radius 3 is 2.67 bits per heavy atom. The molecule has 1 heterocycles. The van der Waals surface area contributed by atoms with Gasteiger partial charge in [-0.15, -0.1) is 0 Å². The first kappa shape index (κ1) is 12.9. The van der Waals surface area contributed by atoms with Gasteiger partial charge in [0.2, 0.25) is 0 Å². The van der Waals surface area contributed by atoms with Crippen LogP contribution in [0.15, 0.2) is 29.4 Å². The number of hydrogen-bond acceptors (Lipinski definition) is 3. The van der Waals surface area contributed by atoms with Crippen molar-refractivity contribution in [1.82, 2.24) is 9.97 Å². The van der Waals surface area contributed by atoms with Crippen LogP contribution >= 0.6 is 11.6 Å². The minimum absolute atomic E-state index is 0.0272. The number of nitrogens with one attached hydrogen (secondary N) is 2. The molecule has 0 unspecified atom stereocenters. The zero-order valence-corrected chi connectivity index (χ0v) is 11.4. The molecule has 0 aliphatic rings. The van der Waals surface area contributed by atoms with Crippen molar-refractivity contribution in [3.8, 4) is 0 Å². The number of benzene rings is 1. The lowest BCUT2D eigenvalue weighted by atomic mass is 10.2. The quantitative estimate of drug-likeness (QED) is 0.910. The van der Waals surface area contributed by atoms with Crippen LogP contribution in [0, 0.1) is 13.8 Å². The van der Waals surface area contributed by atoms with Crippen molar-refractivity contribution in [2.45, 2.75) is 18.9 Å². The third-order valence-corrected chi connectivity index (χ3v) is 4.17. The van der Waals surface area contributed by atoms with Gasteiger partial charge in [0, 0.05) is 5.02 Å². The Kier molecular flexibility index (Phi) is 3.32. The van der Waals surface area contributed by atoms with Gasteiger partial charge in [-0.05, 0) is 31.5 Å². The number of imidazole rings is 1. The zero-order chi connectivity index (χ0) is 13.3. The molecule has 1 aromatic carbocycles. The third-order valence-electron chi connectivity index (χ3n) is 2.48. The Hall–Kier alpha value is -1.53. The van der Waals surface area contributed by atoms with E-state index in [0.29, 0.717) is 22.1 Å². The lowest BCUT2D eigenvalue weighted by Gasteiger charge is -2.09. The molecule has 0 atom stereocenters. The minimum Gasteiger partial charge on any atom is -0.332 e. The number of aromatic amines is 1. The molecule has 0 fully saturated rings. The van der Waals surface area contributed by atoms with Gasteiger partial charge in [-0.25, -0.2) is 4.98 Å². The number of H-pyrrole nitrogens is 1. The number of sulfonamides is 1. The van der Waals surface area contributed by atoms with E-state index in [0.717, 1.165) is 0 Å². The molecule has 5 nitrogen and oxygen atoms in total. The summed E-state index contributed by atoms with van der Waals surface area (Å²) >= 11 is 5.94. The average molecular weight is 286 g/mol.